The lowest BCUT2D eigenvalue weighted by molar-refractivity contribution is 0.318. The maximum atomic E-state index is 8.76. The van der Waals surface area contributed by atoms with Gasteiger partial charge in [0.15, 0.2) is 5.84 Å². The van der Waals surface area contributed by atoms with Crippen molar-refractivity contribution < 1.29 is 5.21 Å². The van der Waals surface area contributed by atoms with Crippen molar-refractivity contribution in [2.75, 3.05) is 11.4 Å². The van der Waals surface area contributed by atoms with Crippen LogP contribution in [0.3, 0.4) is 0 Å². The highest BCUT2D eigenvalue weighted by molar-refractivity contribution is 9.10. The summed E-state index contributed by atoms with van der Waals surface area (Å²) in [7, 11) is 0. The van der Waals surface area contributed by atoms with Gasteiger partial charge >= 0.3 is 0 Å². The molecule has 0 saturated heterocycles. The summed E-state index contributed by atoms with van der Waals surface area (Å²) in [5.74, 6) is 0.120. The summed E-state index contributed by atoms with van der Waals surface area (Å²) in [6, 6.07) is 8.36. The van der Waals surface area contributed by atoms with Gasteiger partial charge in [0.1, 0.15) is 0 Å². The Morgan fingerprint density at radius 1 is 1.48 bits per heavy atom. The van der Waals surface area contributed by atoms with Crippen LogP contribution in [0.2, 0.25) is 0 Å². The van der Waals surface area contributed by atoms with Crippen LogP contribution in [0.5, 0.6) is 0 Å². The van der Waals surface area contributed by atoms with E-state index >= 15 is 0 Å². The predicted molar refractivity (Wildman–Crippen MR) is 90.4 cm³/mol. The summed E-state index contributed by atoms with van der Waals surface area (Å²) in [5.41, 5.74) is 8.89. The predicted octanol–water partition coefficient (Wildman–Crippen LogP) is 3.73. The zero-order valence-electron chi connectivity index (χ0n) is 11.6. The Balaban J connectivity index is 1.95. The first kappa shape index (κ1) is 14.4. The van der Waals surface area contributed by atoms with Crippen LogP contribution in [0.25, 0.3) is 0 Å². The summed E-state index contributed by atoms with van der Waals surface area (Å²) in [6.45, 7) is 3.23. The van der Waals surface area contributed by atoms with Gasteiger partial charge in [0.25, 0.3) is 0 Å². The summed E-state index contributed by atoms with van der Waals surface area (Å²) in [4.78, 5) is 3.87. The number of hydrogen-bond donors (Lipinski definition) is 2. The van der Waals surface area contributed by atoms with Crippen molar-refractivity contribution in [2.45, 2.75) is 19.4 Å². The van der Waals surface area contributed by atoms with E-state index in [2.05, 4.69) is 44.4 Å². The third kappa shape index (κ3) is 2.53. The van der Waals surface area contributed by atoms with Crippen molar-refractivity contribution in [3.8, 4) is 0 Å². The summed E-state index contributed by atoms with van der Waals surface area (Å²) in [5, 5.41) is 14.0. The fourth-order valence-corrected chi connectivity index (χ4v) is 4.36. The van der Waals surface area contributed by atoms with E-state index in [1.165, 1.54) is 10.4 Å². The number of halogens is 1. The van der Waals surface area contributed by atoms with Crippen molar-refractivity contribution in [3.63, 3.8) is 0 Å². The molecule has 1 aliphatic heterocycles. The molecule has 0 fully saturated rings. The number of fused-ring (bicyclic) bond motifs is 1. The molecule has 0 radical (unpaired) electrons. The Kier molecular flexibility index (Phi) is 3.91. The Hall–Kier alpha value is -1.53. The van der Waals surface area contributed by atoms with Gasteiger partial charge in [-0.05, 0) is 64.5 Å². The van der Waals surface area contributed by atoms with Crippen molar-refractivity contribution >= 4 is 38.8 Å². The van der Waals surface area contributed by atoms with Crippen molar-refractivity contribution in [1.29, 1.82) is 0 Å². The largest absolute Gasteiger partial charge is 0.409 e. The molecule has 1 aliphatic rings. The molecule has 2 heterocycles. The molecule has 1 unspecified atom stereocenters. The smallest absolute Gasteiger partial charge is 0.170 e. The van der Waals surface area contributed by atoms with E-state index in [0.29, 0.717) is 11.6 Å². The first-order valence-corrected chi connectivity index (χ1v) is 8.39. The Morgan fingerprint density at radius 2 is 2.29 bits per heavy atom. The molecule has 0 aliphatic carbocycles. The topological polar surface area (TPSA) is 61.8 Å². The first-order chi connectivity index (χ1) is 10.1. The minimum Gasteiger partial charge on any atom is -0.409 e. The van der Waals surface area contributed by atoms with Crippen LogP contribution in [0.4, 0.5) is 5.69 Å². The van der Waals surface area contributed by atoms with Gasteiger partial charge in [0.2, 0.25) is 0 Å². The molecule has 3 rings (SSSR count). The van der Waals surface area contributed by atoms with Crippen LogP contribution in [0.15, 0.2) is 39.3 Å². The second-order valence-corrected chi connectivity index (χ2v) is 6.92. The average Bonchev–Trinajstić information content (AvgIpc) is 2.97. The van der Waals surface area contributed by atoms with Gasteiger partial charge in [-0.3, -0.25) is 0 Å². The molecule has 0 saturated carbocycles. The number of benzene rings is 1. The quantitative estimate of drug-likeness (QED) is 0.369. The number of anilines is 1. The van der Waals surface area contributed by atoms with Crippen LogP contribution in [-0.4, -0.2) is 17.6 Å². The molecule has 1 aromatic heterocycles. The lowest BCUT2D eigenvalue weighted by Crippen LogP contribution is -2.33. The number of rotatable bonds is 2. The number of nitrogens with zero attached hydrogens (tertiary/aromatic N) is 2. The molecule has 110 valence electrons. The standard InChI is InChI=1S/C15H16BrN3OS/c1-9-11-5-7-21-14(11)4-6-19(9)13-3-2-10(8-12(13)16)15(17)18-20/h2-3,5,7-9,20H,4,6H2,1H3,(H2,17,18). The highest BCUT2D eigenvalue weighted by Gasteiger charge is 2.26. The third-order valence-corrected chi connectivity index (χ3v) is 5.57. The fourth-order valence-electron chi connectivity index (χ4n) is 2.80. The summed E-state index contributed by atoms with van der Waals surface area (Å²) in [6.07, 6.45) is 1.08. The first-order valence-electron chi connectivity index (χ1n) is 6.72. The van der Waals surface area contributed by atoms with E-state index in [0.717, 1.165) is 23.1 Å². The van der Waals surface area contributed by atoms with Gasteiger partial charge in [0.05, 0.1) is 11.7 Å². The molecule has 21 heavy (non-hydrogen) atoms. The lowest BCUT2D eigenvalue weighted by Gasteiger charge is -2.36. The van der Waals surface area contributed by atoms with Gasteiger partial charge in [-0.2, -0.15) is 0 Å². The van der Waals surface area contributed by atoms with E-state index in [1.807, 2.05) is 29.5 Å². The Bertz CT molecular complexity index is 698. The SMILES string of the molecule is CC1c2ccsc2CCN1c1ccc(/C(N)=N/O)cc1Br. The van der Waals surface area contributed by atoms with Crippen LogP contribution >= 0.6 is 27.3 Å². The molecule has 2 aromatic rings. The maximum Gasteiger partial charge on any atom is 0.170 e. The molecular formula is C15H16BrN3OS. The molecule has 6 heteroatoms. The normalized spacial score (nSPS) is 18.7. The van der Waals surface area contributed by atoms with E-state index in [4.69, 9.17) is 10.9 Å². The number of oxime groups is 1. The minimum atomic E-state index is 0.120. The van der Waals surface area contributed by atoms with E-state index in [-0.39, 0.29) is 5.84 Å². The minimum absolute atomic E-state index is 0.120. The molecule has 0 spiro atoms. The Morgan fingerprint density at radius 3 is 3.00 bits per heavy atom. The Labute approximate surface area is 136 Å². The van der Waals surface area contributed by atoms with E-state index in [1.54, 1.807) is 0 Å². The molecule has 0 bridgehead atoms. The second kappa shape index (κ2) is 5.69. The number of amidine groups is 1. The molecule has 4 nitrogen and oxygen atoms in total. The van der Waals surface area contributed by atoms with E-state index < -0.39 is 0 Å². The van der Waals surface area contributed by atoms with Gasteiger partial charge in [-0.15, -0.1) is 11.3 Å². The summed E-state index contributed by atoms with van der Waals surface area (Å²) >= 11 is 5.45. The van der Waals surface area contributed by atoms with Crippen LogP contribution in [-0.2, 0) is 6.42 Å². The number of thiophene rings is 1. The van der Waals surface area contributed by atoms with Crippen molar-refractivity contribution in [3.05, 3.63) is 50.1 Å². The van der Waals surface area contributed by atoms with Gasteiger partial charge in [-0.1, -0.05) is 5.16 Å². The van der Waals surface area contributed by atoms with Gasteiger partial charge in [0, 0.05) is 21.5 Å². The highest BCUT2D eigenvalue weighted by Crippen LogP contribution is 2.39. The average molecular weight is 366 g/mol. The number of nitrogens with two attached hydrogens (primary N) is 1. The molecule has 3 N–H and O–H groups in total. The lowest BCUT2D eigenvalue weighted by atomic mass is 10.0. The van der Waals surface area contributed by atoms with Crippen LogP contribution in [0.1, 0.15) is 29.0 Å². The summed E-state index contributed by atoms with van der Waals surface area (Å²) < 4.78 is 0.956. The van der Waals surface area contributed by atoms with Gasteiger partial charge < -0.3 is 15.8 Å². The molecule has 0 amide bonds. The number of hydrogen-bond acceptors (Lipinski definition) is 4. The zero-order valence-corrected chi connectivity index (χ0v) is 14.0. The molecular weight excluding hydrogens is 350 g/mol. The van der Waals surface area contributed by atoms with Crippen molar-refractivity contribution in [2.24, 2.45) is 10.9 Å². The molecule has 1 atom stereocenters. The van der Waals surface area contributed by atoms with Crippen LogP contribution < -0.4 is 10.6 Å². The van der Waals surface area contributed by atoms with E-state index in [9.17, 15) is 0 Å². The monoisotopic (exact) mass is 365 g/mol. The maximum absolute atomic E-state index is 8.76. The van der Waals surface area contributed by atoms with Gasteiger partial charge in [-0.25, -0.2) is 0 Å². The third-order valence-electron chi connectivity index (χ3n) is 3.94. The van der Waals surface area contributed by atoms with Crippen LogP contribution in [0, 0.1) is 0 Å². The highest BCUT2D eigenvalue weighted by atomic mass is 79.9. The zero-order chi connectivity index (χ0) is 15.0. The van der Waals surface area contributed by atoms with Crippen molar-refractivity contribution in [1.82, 2.24) is 0 Å². The fraction of sp³-hybridized carbons (Fsp3) is 0.267. The molecule has 1 aromatic carbocycles. The second-order valence-electron chi connectivity index (χ2n) is 5.07.